The molecule has 0 atom stereocenters. The van der Waals surface area contributed by atoms with Gasteiger partial charge < -0.3 is 5.32 Å². The van der Waals surface area contributed by atoms with Crippen LogP contribution in [0.5, 0.6) is 0 Å². The topological polar surface area (TPSA) is 64.7 Å². The van der Waals surface area contributed by atoms with Gasteiger partial charge in [0, 0.05) is 32.4 Å². The van der Waals surface area contributed by atoms with Gasteiger partial charge in [-0.05, 0) is 6.42 Å². The summed E-state index contributed by atoms with van der Waals surface area (Å²) < 4.78 is 40.1. The fourth-order valence-electron chi connectivity index (χ4n) is 1.84. The summed E-state index contributed by atoms with van der Waals surface area (Å²) in [6.45, 7) is 0.817. The third-order valence-electron chi connectivity index (χ3n) is 2.85. The second-order valence-corrected chi connectivity index (χ2v) is 5.00. The minimum atomic E-state index is -4.54. The average molecular weight is 336 g/mol. The molecule has 2 aromatic rings. The van der Waals surface area contributed by atoms with Crippen molar-refractivity contribution in [3.05, 3.63) is 34.9 Å². The van der Waals surface area contributed by atoms with Crippen LogP contribution < -0.4 is 5.32 Å². The van der Waals surface area contributed by atoms with Crippen LogP contribution in [0.2, 0.25) is 5.02 Å². The van der Waals surface area contributed by atoms with Crippen LogP contribution in [-0.2, 0) is 19.8 Å². The van der Waals surface area contributed by atoms with Gasteiger partial charge in [0.15, 0.2) is 5.69 Å². The van der Waals surface area contributed by atoms with E-state index < -0.39 is 17.8 Å². The third-order valence-corrected chi connectivity index (χ3v) is 3.05. The number of nitrogens with zero attached hydrogens (tertiary/aromatic N) is 4. The monoisotopic (exact) mass is 335 g/mol. The molecule has 2 heterocycles. The van der Waals surface area contributed by atoms with E-state index in [1.54, 1.807) is 10.9 Å². The number of carbonyl (C=O) groups is 1. The predicted octanol–water partition coefficient (Wildman–Crippen LogP) is 2.11. The quantitative estimate of drug-likeness (QED) is 0.851. The van der Waals surface area contributed by atoms with Crippen LogP contribution in [0.1, 0.15) is 22.6 Å². The van der Waals surface area contributed by atoms with Crippen molar-refractivity contribution in [2.75, 3.05) is 6.54 Å². The first kappa shape index (κ1) is 16.3. The van der Waals surface area contributed by atoms with E-state index in [0.717, 1.165) is 13.1 Å². The highest BCUT2D eigenvalue weighted by Gasteiger charge is 2.35. The molecule has 0 aromatic carbocycles. The lowest BCUT2D eigenvalue weighted by molar-refractivity contribution is -0.143. The van der Waals surface area contributed by atoms with Crippen LogP contribution in [-0.4, -0.2) is 32.0 Å². The van der Waals surface area contributed by atoms with Gasteiger partial charge in [-0.25, -0.2) is 0 Å². The molecule has 0 aliphatic rings. The van der Waals surface area contributed by atoms with Gasteiger partial charge in [0.05, 0.1) is 11.2 Å². The van der Waals surface area contributed by atoms with Crippen molar-refractivity contribution in [1.29, 1.82) is 0 Å². The van der Waals surface area contributed by atoms with Gasteiger partial charge in [-0.2, -0.15) is 23.4 Å². The summed E-state index contributed by atoms with van der Waals surface area (Å²) in [5, 5.41) is 10.6. The second kappa shape index (κ2) is 6.39. The molecule has 22 heavy (non-hydrogen) atoms. The van der Waals surface area contributed by atoms with Crippen molar-refractivity contribution >= 4 is 17.5 Å². The normalized spacial score (nSPS) is 11.7. The molecule has 0 aliphatic heterocycles. The Labute approximate surface area is 128 Å². The maximum absolute atomic E-state index is 12.6. The molecule has 0 fully saturated rings. The lowest BCUT2D eigenvalue weighted by Gasteiger charge is -2.04. The van der Waals surface area contributed by atoms with Crippen LogP contribution >= 0.6 is 11.6 Å². The van der Waals surface area contributed by atoms with E-state index in [2.05, 4.69) is 15.5 Å². The largest absolute Gasteiger partial charge is 0.433 e. The number of hydrogen-bond acceptors (Lipinski definition) is 3. The van der Waals surface area contributed by atoms with Gasteiger partial charge in [0.2, 0.25) is 0 Å². The minimum absolute atomic E-state index is 0.267. The number of halogens is 4. The number of hydrogen-bond donors (Lipinski definition) is 1. The smallest absolute Gasteiger partial charge is 0.351 e. The first-order valence-electron chi connectivity index (χ1n) is 6.35. The molecule has 0 unspecified atom stereocenters. The Hall–Kier alpha value is -2.03. The van der Waals surface area contributed by atoms with Crippen molar-refractivity contribution in [2.45, 2.75) is 19.1 Å². The molecule has 2 aromatic heterocycles. The number of rotatable bonds is 5. The number of nitrogens with one attached hydrogen (secondary N) is 1. The Morgan fingerprint density at radius 2 is 2.18 bits per heavy atom. The van der Waals surface area contributed by atoms with Gasteiger partial charge in [0.25, 0.3) is 5.91 Å². The number of aryl methyl sites for hydroxylation is 2. The van der Waals surface area contributed by atoms with Crippen molar-refractivity contribution in [3.63, 3.8) is 0 Å². The van der Waals surface area contributed by atoms with Crippen LogP contribution in [0.15, 0.2) is 18.5 Å². The first-order valence-corrected chi connectivity index (χ1v) is 6.72. The van der Waals surface area contributed by atoms with Gasteiger partial charge >= 0.3 is 6.18 Å². The molecular weight excluding hydrogens is 323 g/mol. The highest BCUT2D eigenvalue weighted by atomic mass is 35.5. The molecule has 2 rings (SSSR count). The Balaban J connectivity index is 1.85. The maximum Gasteiger partial charge on any atom is 0.433 e. The average Bonchev–Trinajstić information content (AvgIpc) is 3.00. The fourth-order valence-corrected chi connectivity index (χ4v) is 1.99. The molecule has 120 valence electrons. The lowest BCUT2D eigenvalue weighted by atomic mass is 10.3. The zero-order chi connectivity index (χ0) is 16.3. The van der Waals surface area contributed by atoms with E-state index in [0.29, 0.717) is 22.7 Å². The Bertz CT molecular complexity index is 664. The highest BCUT2D eigenvalue weighted by molar-refractivity contribution is 6.30. The predicted molar refractivity (Wildman–Crippen MR) is 72.4 cm³/mol. The molecule has 0 saturated heterocycles. The van der Waals surface area contributed by atoms with E-state index in [9.17, 15) is 18.0 Å². The van der Waals surface area contributed by atoms with Crippen molar-refractivity contribution < 1.29 is 18.0 Å². The zero-order valence-corrected chi connectivity index (χ0v) is 12.3. The number of aromatic nitrogens is 4. The second-order valence-electron chi connectivity index (χ2n) is 4.57. The molecule has 0 saturated carbocycles. The molecular formula is C12H13ClF3N5O. The Kier molecular flexibility index (Phi) is 4.74. The summed E-state index contributed by atoms with van der Waals surface area (Å²) in [5.41, 5.74) is -1.24. The molecule has 1 N–H and O–H groups in total. The summed E-state index contributed by atoms with van der Waals surface area (Å²) in [7, 11) is 1.14. The molecule has 10 heteroatoms. The number of amides is 1. The molecule has 1 amide bonds. The lowest BCUT2D eigenvalue weighted by Crippen LogP contribution is -2.25. The van der Waals surface area contributed by atoms with Crippen LogP contribution in [0, 0.1) is 0 Å². The Morgan fingerprint density at radius 3 is 2.73 bits per heavy atom. The number of alkyl halides is 3. The maximum atomic E-state index is 12.6. The minimum Gasteiger partial charge on any atom is -0.351 e. The van der Waals surface area contributed by atoms with Crippen molar-refractivity contribution in [1.82, 2.24) is 24.9 Å². The van der Waals surface area contributed by atoms with E-state index >= 15 is 0 Å². The summed E-state index contributed by atoms with van der Waals surface area (Å²) in [6, 6.07) is 0.725. The van der Waals surface area contributed by atoms with Gasteiger partial charge in [-0.3, -0.25) is 14.2 Å². The van der Waals surface area contributed by atoms with Crippen LogP contribution in [0.3, 0.4) is 0 Å². The summed E-state index contributed by atoms with van der Waals surface area (Å²) in [6.07, 6.45) is -0.854. The summed E-state index contributed by atoms with van der Waals surface area (Å²) >= 11 is 5.70. The molecule has 0 bridgehead atoms. The standard InChI is InChI=1S/C12H13ClF3N5O/c1-20-10(12(14,15)16)5-9(19-20)11(22)17-3-2-4-21-7-8(13)6-18-21/h5-7H,2-4H2,1H3,(H,17,22). The molecule has 0 radical (unpaired) electrons. The van der Waals surface area contributed by atoms with Crippen LogP contribution in [0.25, 0.3) is 0 Å². The summed E-state index contributed by atoms with van der Waals surface area (Å²) in [4.78, 5) is 11.8. The number of carbonyl (C=O) groups excluding carboxylic acids is 1. The van der Waals surface area contributed by atoms with E-state index in [4.69, 9.17) is 11.6 Å². The van der Waals surface area contributed by atoms with Crippen LogP contribution in [0.4, 0.5) is 13.2 Å². The molecule has 0 spiro atoms. The zero-order valence-electron chi connectivity index (χ0n) is 11.6. The van der Waals surface area contributed by atoms with E-state index in [1.165, 1.54) is 6.20 Å². The van der Waals surface area contributed by atoms with Crippen molar-refractivity contribution in [2.24, 2.45) is 7.05 Å². The van der Waals surface area contributed by atoms with Gasteiger partial charge in [0.1, 0.15) is 5.69 Å². The molecule has 6 nitrogen and oxygen atoms in total. The van der Waals surface area contributed by atoms with Gasteiger partial charge in [-0.15, -0.1) is 0 Å². The Morgan fingerprint density at radius 1 is 1.45 bits per heavy atom. The van der Waals surface area contributed by atoms with Gasteiger partial charge in [-0.1, -0.05) is 11.6 Å². The SMILES string of the molecule is Cn1nc(C(=O)NCCCn2cc(Cl)cn2)cc1C(F)(F)F. The fraction of sp³-hybridized carbons (Fsp3) is 0.417. The van der Waals surface area contributed by atoms with Crippen molar-refractivity contribution in [3.8, 4) is 0 Å². The van der Waals surface area contributed by atoms with E-state index in [-0.39, 0.29) is 12.2 Å². The van der Waals surface area contributed by atoms with E-state index in [1.807, 2.05) is 0 Å². The highest BCUT2D eigenvalue weighted by Crippen LogP contribution is 2.29. The molecule has 0 aliphatic carbocycles. The third kappa shape index (κ3) is 4.00. The first-order chi connectivity index (χ1) is 10.3. The summed E-state index contributed by atoms with van der Waals surface area (Å²) in [5.74, 6) is -0.649.